The highest BCUT2D eigenvalue weighted by atomic mass is 16.7. The summed E-state index contributed by atoms with van der Waals surface area (Å²) < 4.78 is 34.2. The average Bonchev–Trinajstić information content (AvgIpc) is 2.91. The molecule has 4 rings (SSSR count). The molecule has 0 N–H and O–H groups in total. The third-order valence-corrected chi connectivity index (χ3v) is 6.20. The predicted octanol–water partition coefficient (Wildman–Crippen LogP) is 6.00. The van der Waals surface area contributed by atoms with Crippen LogP contribution in [0.4, 0.5) is 0 Å². The molecule has 4 aromatic carbocycles. The van der Waals surface area contributed by atoms with Crippen LogP contribution in [0.15, 0.2) is 60.7 Å². The molecule has 0 radical (unpaired) electrons. The summed E-state index contributed by atoms with van der Waals surface area (Å²) in [6, 6.07) is 21.1. The molecular weight excluding hydrogens is 456 g/mol. The van der Waals surface area contributed by atoms with Crippen LogP contribution in [-0.4, -0.2) is 55.2 Å². The Labute approximate surface area is 212 Å². The van der Waals surface area contributed by atoms with Crippen molar-refractivity contribution >= 4 is 21.5 Å². The van der Waals surface area contributed by atoms with Crippen molar-refractivity contribution in [3.05, 3.63) is 71.8 Å². The molecule has 0 amide bonds. The largest absolute Gasteiger partial charge is 0.467 e. The molecule has 0 unspecified atom stereocenters. The van der Waals surface area contributed by atoms with E-state index < -0.39 is 0 Å². The van der Waals surface area contributed by atoms with Crippen molar-refractivity contribution in [3.8, 4) is 22.6 Å². The van der Waals surface area contributed by atoms with Crippen LogP contribution in [0.1, 0.15) is 11.1 Å². The van der Waals surface area contributed by atoms with Gasteiger partial charge in [-0.15, -0.1) is 0 Å². The van der Waals surface area contributed by atoms with Crippen LogP contribution in [0.2, 0.25) is 0 Å². The molecule has 0 saturated carbocycles. The monoisotopic (exact) mass is 490 g/mol. The van der Waals surface area contributed by atoms with Gasteiger partial charge in [0.1, 0.15) is 11.5 Å². The fraction of sp³-hybridized carbons (Fsp3) is 0.333. The predicted molar refractivity (Wildman–Crippen MR) is 143 cm³/mol. The first kappa shape index (κ1) is 25.9. The molecular formula is C30H34O6. The van der Waals surface area contributed by atoms with E-state index in [2.05, 4.69) is 48.5 Å². The summed E-state index contributed by atoms with van der Waals surface area (Å²) >= 11 is 0. The topological polar surface area (TPSA) is 55.4 Å². The Kier molecular flexibility index (Phi) is 9.14. The third-order valence-electron chi connectivity index (χ3n) is 6.20. The number of ether oxygens (including phenoxy) is 6. The first-order chi connectivity index (χ1) is 17.7. The van der Waals surface area contributed by atoms with Crippen molar-refractivity contribution in [2.75, 3.05) is 55.2 Å². The van der Waals surface area contributed by atoms with Gasteiger partial charge >= 0.3 is 0 Å². The lowest BCUT2D eigenvalue weighted by Crippen LogP contribution is -2.09. The smallest absolute Gasteiger partial charge is 0.188 e. The standard InChI is InChI=1S/C30H34O6/c1-31-15-13-23-17-21-9-5-7-11-25(21)27(29(23)35-19-33-3)28-26-12-8-6-10-22(26)18-24(14-16-32-2)30(28)36-20-34-4/h5-12,17-18H,13-16,19-20H2,1-4H3. The Morgan fingerprint density at radius 3 is 1.33 bits per heavy atom. The molecule has 190 valence electrons. The molecule has 0 aromatic heterocycles. The Balaban J connectivity index is 2.14. The fourth-order valence-corrected chi connectivity index (χ4v) is 4.63. The molecule has 4 aromatic rings. The van der Waals surface area contributed by atoms with Gasteiger partial charge in [0.25, 0.3) is 0 Å². The number of methoxy groups -OCH3 is 4. The van der Waals surface area contributed by atoms with Crippen molar-refractivity contribution in [2.24, 2.45) is 0 Å². The second kappa shape index (κ2) is 12.7. The van der Waals surface area contributed by atoms with Crippen molar-refractivity contribution in [1.29, 1.82) is 0 Å². The van der Waals surface area contributed by atoms with E-state index in [-0.39, 0.29) is 13.6 Å². The maximum Gasteiger partial charge on any atom is 0.188 e. The maximum absolute atomic E-state index is 6.32. The summed E-state index contributed by atoms with van der Waals surface area (Å²) in [7, 11) is 6.68. The molecule has 0 atom stereocenters. The molecule has 0 aliphatic heterocycles. The van der Waals surface area contributed by atoms with E-state index in [0.717, 1.165) is 55.3 Å². The number of hydrogen-bond donors (Lipinski definition) is 0. The van der Waals surface area contributed by atoms with Gasteiger partial charge in [-0.2, -0.15) is 0 Å². The highest BCUT2D eigenvalue weighted by Gasteiger charge is 2.24. The lowest BCUT2D eigenvalue weighted by atomic mass is 9.88. The molecule has 0 aliphatic rings. The van der Waals surface area contributed by atoms with Crippen LogP contribution in [0, 0.1) is 0 Å². The van der Waals surface area contributed by atoms with Crippen LogP contribution >= 0.6 is 0 Å². The molecule has 6 nitrogen and oxygen atoms in total. The first-order valence-corrected chi connectivity index (χ1v) is 12.0. The Hall–Kier alpha value is -3.16. The van der Waals surface area contributed by atoms with Gasteiger partial charge in [-0.25, -0.2) is 0 Å². The van der Waals surface area contributed by atoms with Crippen LogP contribution in [0.5, 0.6) is 11.5 Å². The quantitative estimate of drug-likeness (QED) is 0.214. The maximum atomic E-state index is 6.32. The van der Waals surface area contributed by atoms with E-state index in [0.29, 0.717) is 26.1 Å². The van der Waals surface area contributed by atoms with Crippen LogP contribution in [0.25, 0.3) is 32.7 Å². The summed E-state index contributed by atoms with van der Waals surface area (Å²) in [6.07, 6.45) is 1.39. The number of benzene rings is 4. The van der Waals surface area contributed by atoms with Crippen LogP contribution in [0.3, 0.4) is 0 Å². The Morgan fingerprint density at radius 2 is 0.944 bits per heavy atom. The number of rotatable bonds is 13. The minimum absolute atomic E-state index is 0.126. The summed E-state index contributed by atoms with van der Waals surface area (Å²) in [4.78, 5) is 0. The molecule has 0 spiro atoms. The third kappa shape index (κ3) is 5.47. The highest BCUT2D eigenvalue weighted by molar-refractivity contribution is 6.10. The van der Waals surface area contributed by atoms with E-state index in [4.69, 9.17) is 28.4 Å². The average molecular weight is 491 g/mol. The number of fused-ring (bicyclic) bond motifs is 2. The Morgan fingerprint density at radius 1 is 0.528 bits per heavy atom. The molecule has 0 saturated heterocycles. The lowest BCUT2D eigenvalue weighted by Gasteiger charge is -2.23. The fourth-order valence-electron chi connectivity index (χ4n) is 4.63. The molecule has 6 heteroatoms. The summed E-state index contributed by atoms with van der Waals surface area (Å²) in [5.74, 6) is 1.54. The Bertz CT molecular complexity index is 1200. The zero-order valence-corrected chi connectivity index (χ0v) is 21.5. The number of hydrogen-bond acceptors (Lipinski definition) is 6. The zero-order valence-electron chi connectivity index (χ0n) is 21.5. The van der Waals surface area contributed by atoms with Gasteiger partial charge in [0.15, 0.2) is 13.6 Å². The molecule has 0 fully saturated rings. The second-order valence-electron chi connectivity index (χ2n) is 8.51. The normalized spacial score (nSPS) is 11.3. The lowest BCUT2D eigenvalue weighted by molar-refractivity contribution is 0.0492. The van der Waals surface area contributed by atoms with Crippen molar-refractivity contribution in [3.63, 3.8) is 0 Å². The summed E-state index contributed by atoms with van der Waals surface area (Å²) in [5.41, 5.74) is 4.04. The molecule has 0 aliphatic carbocycles. The molecule has 0 heterocycles. The summed E-state index contributed by atoms with van der Waals surface area (Å²) in [6.45, 7) is 1.40. The minimum atomic E-state index is 0.126. The van der Waals surface area contributed by atoms with Gasteiger partial charge in [0, 0.05) is 39.6 Å². The molecule has 36 heavy (non-hydrogen) atoms. The highest BCUT2D eigenvalue weighted by Crippen LogP contribution is 2.48. The van der Waals surface area contributed by atoms with Gasteiger partial charge in [-0.1, -0.05) is 48.5 Å². The zero-order chi connectivity index (χ0) is 25.3. The van der Waals surface area contributed by atoms with Crippen molar-refractivity contribution < 1.29 is 28.4 Å². The van der Waals surface area contributed by atoms with Gasteiger partial charge < -0.3 is 28.4 Å². The van der Waals surface area contributed by atoms with E-state index in [1.165, 1.54) is 0 Å². The van der Waals surface area contributed by atoms with Gasteiger partial charge in [0.2, 0.25) is 0 Å². The van der Waals surface area contributed by atoms with Gasteiger partial charge in [-0.05, 0) is 57.6 Å². The first-order valence-electron chi connectivity index (χ1n) is 12.0. The van der Waals surface area contributed by atoms with Crippen molar-refractivity contribution in [1.82, 2.24) is 0 Å². The van der Waals surface area contributed by atoms with Crippen LogP contribution < -0.4 is 9.47 Å². The van der Waals surface area contributed by atoms with Gasteiger partial charge in [-0.3, -0.25) is 0 Å². The van der Waals surface area contributed by atoms with E-state index >= 15 is 0 Å². The van der Waals surface area contributed by atoms with Gasteiger partial charge in [0.05, 0.1) is 13.2 Å². The minimum Gasteiger partial charge on any atom is -0.467 e. The van der Waals surface area contributed by atoms with Crippen LogP contribution in [-0.2, 0) is 31.8 Å². The molecule has 0 bridgehead atoms. The van der Waals surface area contributed by atoms with E-state index in [1.54, 1.807) is 28.4 Å². The second-order valence-corrected chi connectivity index (χ2v) is 8.51. The summed E-state index contributed by atoms with van der Waals surface area (Å²) in [5, 5.41) is 4.38. The van der Waals surface area contributed by atoms with E-state index in [1.807, 2.05) is 12.1 Å². The van der Waals surface area contributed by atoms with Crippen molar-refractivity contribution in [2.45, 2.75) is 12.8 Å². The SMILES string of the molecule is COCCc1cc2ccccc2c(-c2c(OCOC)c(CCOC)cc3ccccc23)c1OCOC. The van der Waals surface area contributed by atoms with E-state index in [9.17, 15) is 0 Å².